The van der Waals surface area contributed by atoms with Gasteiger partial charge in [0.25, 0.3) is 0 Å². The van der Waals surface area contributed by atoms with Gasteiger partial charge in [0.15, 0.2) is 5.11 Å². The molecule has 0 atom stereocenters. The van der Waals surface area contributed by atoms with Gasteiger partial charge in [-0.2, -0.15) is 0 Å². The predicted molar refractivity (Wildman–Crippen MR) is 96.3 cm³/mol. The fraction of sp³-hybridized carbons (Fsp3) is 0.167. The van der Waals surface area contributed by atoms with Gasteiger partial charge < -0.3 is 15.4 Å². The molecule has 114 valence electrons. The molecule has 3 nitrogen and oxygen atoms in total. The third-order valence-electron chi connectivity index (χ3n) is 2.91. The number of ether oxygens (including phenoxy) is 1. The summed E-state index contributed by atoms with van der Waals surface area (Å²) in [6.45, 7) is 7.01. The molecule has 0 heterocycles. The van der Waals surface area contributed by atoms with Crippen LogP contribution in [0.3, 0.4) is 0 Å². The van der Waals surface area contributed by atoms with Crippen molar-refractivity contribution in [1.29, 1.82) is 0 Å². The Morgan fingerprint density at radius 3 is 2.41 bits per heavy atom. The molecule has 2 aromatic carbocycles. The van der Waals surface area contributed by atoms with E-state index in [1.165, 1.54) is 0 Å². The van der Waals surface area contributed by atoms with Crippen molar-refractivity contribution in [3.63, 3.8) is 0 Å². The molecule has 0 fully saturated rings. The molecule has 2 rings (SSSR count). The smallest absolute Gasteiger partial charge is 0.171 e. The Morgan fingerprint density at radius 2 is 1.77 bits per heavy atom. The third-order valence-corrected chi connectivity index (χ3v) is 3.16. The highest BCUT2D eigenvalue weighted by atomic mass is 32.1. The summed E-state index contributed by atoms with van der Waals surface area (Å²) in [6.07, 6.45) is 0. The van der Waals surface area contributed by atoms with E-state index in [-0.39, 0.29) is 0 Å². The Hall–Kier alpha value is -2.33. The van der Waals surface area contributed by atoms with Gasteiger partial charge in [-0.05, 0) is 49.0 Å². The minimum absolute atomic E-state index is 0.562. The topological polar surface area (TPSA) is 33.3 Å². The molecule has 0 unspecified atom stereocenters. The van der Waals surface area contributed by atoms with Crippen molar-refractivity contribution in [2.24, 2.45) is 0 Å². The first-order chi connectivity index (χ1) is 10.6. The van der Waals surface area contributed by atoms with E-state index >= 15 is 0 Å². The van der Waals surface area contributed by atoms with E-state index in [0.717, 1.165) is 22.6 Å². The number of benzene rings is 2. The molecular formula is C18H20N2OS. The van der Waals surface area contributed by atoms with Gasteiger partial charge in [0.2, 0.25) is 0 Å². The fourth-order valence-corrected chi connectivity index (χ4v) is 1.97. The molecule has 0 aliphatic rings. The third kappa shape index (κ3) is 5.58. The summed E-state index contributed by atoms with van der Waals surface area (Å²) >= 11 is 5.21. The summed E-state index contributed by atoms with van der Waals surface area (Å²) < 4.78 is 5.74. The second-order valence-corrected chi connectivity index (χ2v) is 5.47. The van der Waals surface area contributed by atoms with Crippen LogP contribution in [-0.2, 0) is 6.61 Å². The van der Waals surface area contributed by atoms with Gasteiger partial charge in [0.1, 0.15) is 12.4 Å². The van der Waals surface area contributed by atoms with E-state index < -0.39 is 0 Å². The lowest BCUT2D eigenvalue weighted by Crippen LogP contribution is -2.29. The first-order valence-electron chi connectivity index (χ1n) is 7.09. The first-order valence-corrected chi connectivity index (χ1v) is 7.50. The van der Waals surface area contributed by atoms with Gasteiger partial charge in [0, 0.05) is 12.2 Å². The highest BCUT2D eigenvalue weighted by molar-refractivity contribution is 7.80. The monoisotopic (exact) mass is 312 g/mol. The summed E-state index contributed by atoms with van der Waals surface area (Å²) in [4.78, 5) is 0. The van der Waals surface area contributed by atoms with E-state index in [2.05, 4.69) is 17.2 Å². The van der Waals surface area contributed by atoms with Crippen LogP contribution in [0.4, 0.5) is 5.69 Å². The summed E-state index contributed by atoms with van der Waals surface area (Å²) in [6, 6.07) is 17.8. The molecule has 4 heteroatoms. The Bertz CT molecular complexity index is 623. The quantitative estimate of drug-likeness (QED) is 0.621. The summed E-state index contributed by atoms with van der Waals surface area (Å²) in [5.41, 5.74) is 3.11. The van der Waals surface area contributed by atoms with Gasteiger partial charge in [-0.3, -0.25) is 0 Å². The standard InChI is InChI=1S/C18H20N2OS/c1-14(2)12-19-18(22)20-16-8-10-17(11-9-16)21-13-15-6-4-3-5-7-15/h3-11H,1,12-13H2,2H3,(H2,19,20,22). The van der Waals surface area contributed by atoms with Crippen LogP contribution in [0.5, 0.6) is 5.75 Å². The number of thiocarbonyl (C=S) groups is 1. The SMILES string of the molecule is C=C(C)CNC(=S)Nc1ccc(OCc2ccccc2)cc1. The van der Waals surface area contributed by atoms with E-state index in [9.17, 15) is 0 Å². The van der Waals surface area contributed by atoms with Crippen LogP contribution in [0.1, 0.15) is 12.5 Å². The number of nitrogens with one attached hydrogen (secondary N) is 2. The molecular weight excluding hydrogens is 292 g/mol. The molecule has 0 spiro atoms. The number of anilines is 1. The second-order valence-electron chi connectivity index (χ2n) is 5.06. The minimum atomic E-state index is 0.562. The van der Waals surface area contributed by atoms with Crippen molar-refractivity contribution in [2.75, 3.05) is 11.9 Å². The zero-order chi connectivity index (χ0) is 15.8. The molecule has 0 saturated carbocycles. The van der Waals surface area contributed by atoms with E-state index in [4.69, 9.17) is 17.0 Å². The number of rotatable bonds is 6. The molecule has 2 aromatic rings. The molecule has 0 aliphatic heterocycles. The Balaban J connectivity index is 1.82. The minimum Gasteiger partial charge on any atom is -0.489 e. The van der Waals surface area contributed by atoms with Gasteiger partial charge in [0.05, 0.1) is 0 Å². The van der Waals surface area contributed by atoms with Crippen molar-refractivity contribution in [2.45, 2.75) is 13.5 Å². The fourth-order valence-electron chi connectivity index (χ4n) is 1.78. The second kappa shape index (κ2) is 8.20. The van der Waals surface area contributed by atoms with E-state index in [1.807, 2.05) is 61.5 Å². The Labute approximate surface area is 137 Å². The highest BCUT2D eigenvalue weighted by Crippen LogP contribution is 2.17. The average molecular weight is 312 g/mol. The number of hydrogen-bond acceptors (Lipinski definition) is 2. The Morgan fingerprint density at radius 1 is 1.09 bits per heavy atom. The molecule has 0 aromatic heterocycles. The zero-order valence-corrected chi connectivity index (χ0v) is 13.5. The lowest BCUT2D eigenvalue weighted by molar-refractivity contribution is 0.306. The molecule has 22 heavy (non-hydrogen) atoms. The Kier molecular flexibility index (Phi) is 5.98. The predicted octanol–water partition coefficient (Wildman–Crippen LogP) is 4.13. The highest BCUT2D eigenvalue weighted by Gasteiger charge is 1.99. The normalized spacial score (nSPS) is 9.86. The molecule has 0 amide bonds. The van der Waals surface area contributed by atoms with Crippen molar-refractivity contribution in [1.82, 2.24) is 5.32 Å². The van der Waals surface area contributed by atoms with Crippen LogP contribution in [0.15, 0.2) is 66.7 Å². The van der Waals surface area contributed by atoms with Crippen LogP contribution in [0.25, 0.3) is 0 Å². The van der Waals surface area contributed by atoms with E-state index in [0.29, 0.717) is 18.3 Å². The molecule has 0 saturated heterocycles. The maximum absolute atomic E-state index is 5.74. The van der Waals surface area contributed by atoms with Gasteiger partial charge in [-0.25, -0.2) is 0 Å². The van der Waals surface area contributed by atoms with Crippen LogP contribution in [0, 0.1) is 0 Å². The van der Waals surface area contributed by atoms with Crippen molar-refractivity contribution >= 4 is 23.0 Å². The zero-order valence-electron chi connectivity index (χ0n) is 12.6. The maximum atomic E-state index is 5.74. The molecule has 0 bridgehead atoms. The van der Waals surface area contributed by atoms with Crippen molar-refractivity contribution < 1.29 is 4.74 Å². The summed E-state index contributed by atoms with van der Waals surface area (Å²) in [7, 11) is 0. The lowest BCUT2D eigenvalue weighted by Gasteiger charge is -2.11. The summed E-state index contributed by atoms with van der Waals surface area (Å²) in [5.74, 6) is 0.829. The van der Waals surface area contributed by atoms with Gasteiger partial charge >= 0.3 is 0 Å². The first kappa shape index (κ1) is 16.0. The summed E-state index contributed by atoms with van der Waals surface area (Å²) in [5, 5.41) is 6.79. The lowest BCUT2D eigenvalue weighted by atomic mass is 10.2. The molecule has 0 radical (unpaired) electrons. The van der Waals surface area contributed by atoms with Crippen LogP contribution in [0.2, 0.25) is 0 Å². The maximum Gasteiger partial charge on any atom is 0.171 e. The van der Waals surface area contributed by atoms with Gasteiger partial charge in [-0.1, -0.05) is 42.5 Å². The largest absolute Gasteiger partial charge is 0.489 e. The van der Waals surface area contributed by atoms with Crippen LogP contribution in [-0.4, -0.2) is 11.7 Å². The van der Waals surface area contributed by atoms with Crippen LogP contribution < -0.4 is 15.4 Å². The van der Waals surface area contributed by atoms with Crippen molar-refractivity contribution in [3.8, 4) is 5.75 Å². The van der Waals surface area contributed by atoms with Crippen LogP contribution >= 0.6 is 12.2 Å². The van der Waals surface area contributed by atoms with Gasteiger partial charge in [-0.15, -0.1) is 0 Å². The average Bonchev–Trinajstić information content (AvgIpc) is 2.53. The number of hydrogen-bond donors (Lipinski definition) is 2. The van der Waals surface area contributed by atoms with Crippen molar-refractivity contribution in [3.05, 3.63) is 72.3 Å². The molecule has 2 N–H and O–H groups in total. The molecule has 0 aliphatic carbocycles. The van der Waals surface area contributed by atoms with E-state index in [1.54, 1.807) is 0 Å².